The van der Waals surface area contributed by atoms with Crippen LogP contribution in [0.3, 0.4) is 0 Å². The number of ether oxygens (including phenoxy) is 1. The summed E-state index contributed by atoms with van der Waals surface area (Å²) in [7, 11) is 1.88. The van der Waals surface area contributed by atoms with E-state index in [0.29, 0.717) is 11.6 Å². The fraction of sp³-hybridized carbons (Fsp3) is 0.0833. The maximum atomic E-state index is 5.70. The summed E-state index contributed by atoms with van der Waals surface area (Å²) >= 11 is 5.70. The third-order valence-electron chi connectivity index (χ3n) is 2.54. The van der Waals surface area contributed by atoms with Gasteiger partial charge in [0.2, 0.25) is 11.2 Å². The summed E-state index contributed by atoms with van der Waals surface area (Å²) in [5.74, 6) is 1.09. The topological polar surface area (TPSA) is 52.8 Å². The molecule has 18 heavy (non-hydrogen) atoms. The zero-order chi connectivity index (χ0) is 12.5. The molecule has 0 N–H and O–H groups in total. The van der Waals surface area contributed by atoms with Gasteiger partial charge in [0.05, 0.1) is 11.7 Å². The van der Waals surface area contributed by atoms with Crippen molar-refractivity contribution >= 4 is 22.5 Å². The summed E-state index contributed by atoms with van der Waals surface area (Å²) < 4.78 is 7.40. The molecule has 0 aliphatic rings. The first-order chi connectivity index (χ1) is 8.72. The Kier molecular flexibility index (Phi) is 2.60. The van der Waals surface area contributed by atoms with Gasteiger partial charge in [0, 0.05) is 30.8 Å². The van der Waals surface area contributed by atoms with Crippen LogP contribution in [-0.4, -0.2) is 19.7 Å². The minimum absolute atomic E-state index is 0.161. The van der Waals surface area contributed by atoms with Gasteiger partial charge >= 0.3 is 0 Å². The molecule has 90 valence electrons. The lowest BCUT2D eigenvalue weighted by atomic mass is 10.2. The summed E-state index contributed by atoms with van der Waals surface area (Å²) in [6.07, 6.45) is 3.36. The Labute approximate surface area is 108 Å². The Bertz CT molecular complexity index is 710. The second-order valence-corrected chi connectivity index (χ2v) is 4.09. The predicted molar refractivity (Wildman–Crippen MR) is 67.8 cm³/mol. The number of rotatable bonds is 2. The van der Waals surface area contributed by atoms with Crippen molar-refractivity contribution in [3.63, 3.8) is 0 Å². The van der Waals surface area contributed by atoms with Crippen LogP contribution in [0.2, 0.25) is 5.28 Å². The number of fused-ring (bicyclic) bond motifs is 1. The summed E-state index contributed by atoms with van der Waals surface area (Å²) in [6.45, 7) is 0. The Morgan fingerprint density at radius 3 is 3.00 bits per heavy atom. The van der Waals surface area contributed by atoms with Crippen molar-refractivity contribution < 1.29 is 4.74 Å². The van der Waals surface area contributed by atoms with Crippen LogP contribution in [0.4, 0.5) is 0 Å². The van der Waals surface area contributed by atoms with Gasteiger partial charge in [-0.15, -0.1) is 0 Å². The molecule has 2 heterocycles. The molecule has 0 aliphatic heterocycles. The summed E-state index contributed by atoms with van der Waals surface area (Å²) in [4.78, 5) is 7.77. The Morgan fingerprint density at radius 1 is 1.28 bits per heavy atom. The molecule has 3 rings (SSSR count). The van der Waals surface area contributed by atoms with Crippen LogP contribution in [0.25, 0.3) is 10.9 Å². The van der Waals surface area contributed by atoms with Gasteiger partial charge in [-0.2, -0.15) is 10.1 Å². The van der Waals surface area contributed by atoms with E-state index in [2.05, 4.69) is 15.1 Å². The second-order valence-electron chi connectivity index (χ2n) is 3.75. The molecule has 3 aromatic rings. The van der Waals surface area contributed by atoms with Gasteiger partial charge in [0.25, 0.3) is 0 Å². The number of nitrogens with zero attached hydrogens (tertiary/aromatic N) is 4. The van der Waals surface area contributed by atoms with E-state index in [1.54, 1.807) is 23.1 Å². The van der Waals surface area contributed by atoms with E-state index in [9.17, 15) is 0 Å². The van der Waals surface area contributed by atoms with Crippen molar-refractivity contribution in [3.8, 4) is 11.6 Å². The van der Waals surface area contributed by atoms with Gasteiger partial charge in [-0.05, 0) is 23.7 Å². The number of aryl methyl sites for hydroxylation is 1. The van der Waals surface area contributed by atoms with Gasteiger partial charge in [0.1, 0.15) is 5.75 Å². The normalized spacial score (nSPS) is 10.8. The van der Waals surface area contributed by atoms with Crippen LogP contribution in [0, 0.1) is 0 Å². The number of hydrogen-bond donors (Lipinski definition) is 0. The lowest BCUT2D eigenvalue weighted by Crippen LogP contribution is -1.91. The zero-order valence-corrected chi connectivity index (χ0v) is 10.3. The smallest absolute Gasteiger partial charge is 0.225 e. The molecule has 0 amide bonds. The fourth-order valence-corrected chi connectivity index (χ4v) is 1.82. The number of hydrogen-bond acceptors (Lipinski definition) is 4. The van der Waals surface area contributed by atoms with Crippen molar-refractivity contribution in [1.82, 2.24) is 19.7 Å². The van der Waals surface area contributed by atoms with E-state index >= 15 is 0 Å². The number of benzene rings is 1. The molecule has 1 aromatic carbocycles. The van der Waals surface area contributed by atoms with Crippen molar-refractivity contribution in [2.24, 2.45) is 7.05 Å². The van der Waals surface area contributed by atoms with E-state index in [-0.39, 0.29) is 5.28 Å². The minimum Gasteiger partial charge on any atom is -0.439 e. The van der Waals surface area contributed by atoms with E-state index in [1.807, 2.05) is 25.2 Å². The molecule has 0 saturated heterocycles. The molecule has 0 saturated carbocycles. The number of halogens is 1. The molecule has 0 atom stereocenters. The molecule has 0 radical (unpaired) electrons. The Balaban J connectivity index is 1.97. The SMILES string of the molecule is Cn1ncc2ccc(Oc3ccnc(Cl)n3)cc21. The highest BCUT2D eigenvalue weighted by Crippen LogP contribution is 2.24. The monoisotopic (exact) mass is 260 g/mol. The Hall–Kier alpha value is -2.14. The fourth-order valence-electron chi connectivity index (χ4n) is 1.68. The first-order valence-electron chi connectivity index (χ1n) is 5.30. The first-order valence-corrected chi connectivity index (χ1v) is 5.68. The molecular weight excluding hydrogens is 252 g/mol. The van der Waals surface area contributed by atoms with Gasteiger partial charge in [0.15, 0.2) is 0 Å². The van der Waals surface area contributed by atoms with Crippen molar-refractivity contribution in [2.75, 3.05) is 0 Å². The summed E-state index contributed by atoms with van der Waals surface area (Å²) in [5, 5.41) is 5.39. The van der Waals surface area contributed by atoms with Crippen LogP contribution in [-0.2, 0) is 7.05 Å². The zero-order valence-electron chi connectivity index (χ0n) is 9.54. The van der Waals surface area contributed by atoms with Crippen LogP contribution < -0.4 is 4.74 Å². The van der Waals surface area contributed by atoms with E-state index < -0.39 is 0 Å². The standard InChI is InChI=1S/C12H9ClN4O/c1-17-10-6-9(3-2-8(10)7-15-17)18-11-4-5-14-12(13)16-11/h2-7H,1H3. The van der Waals surface area contributed by atoms with Crippen molar-refractivity contribution in [3.05, 3.63) is 41.9 Å². The minimum atomic E-state index is 0.161. The molecule has 0 bridgehead atoms. The molecule has 2 aromatic heterocycles. The highest BCUT2D eigenvalue weighted by molar-refractivity contribution is 6.28. The molecule has 6 heteroatoms. The molecule has 0 aliphatic carbocycles. The molecule has 5 nitrogen and oxygen atoms in total. The van der Waals surface area contributed by atoms with Crippen LogP contribution in [0.15, 0.2) is 36.7 Å². The highest BCUT2D eigenvalue weighted by atomic mass is 35.5. The quantitative estimate of drug-likeness (QED) is 0.665. The van der Waals surface area contributed by atoms with E-state index in [1.165, 1.54) is 0 Å². The maximum Gasteiger partial charge on any atom is 0.225 e. The summed E-state index contributed by atoms with van der Waals surface area (Å²) in [6, 6.07) is 7.36. The molecule has 0 unspecified atom stereocenters. The van der Waals surface area contributed by atoms with Crippen LogP contribution in [0.5, 0.6) is 11.6 Å². The third-order valence-corrected chi connectivity index (χ3v) is 2.73. The van der Waals surface area contributed by atoms with Crippen molar-refractivity contribution in [1.29, 1.82) is 0 Å². The third kappa shape index (κ3) is 2.00. The Morgan fingerprint density at radius 2 is 2.17 bits per heavy atom. The average Bonchev–Trinajstić information content (AvgIpc) is 2.71. The van der Waals surface area contributed by atoms with Crippen molar-refractivity contribution in [2.45, 2.75) is 0 Å². The van der Waals surface area contributed by atoms with E-state index in [0.717, 1.165) is 10.9 Å². The van der Waals surface area contributed by atoms with Gasteiger partial charge < -0.3 is 4.74 Å². The molecule has 0 spiro atoms. The van der Waals surface area contributed by atoms with Gasteiger partial charge in [-0.1, -0.05) is 0 Å². The lowest BCUT2D eigenvalue weighted by Gasteiger charge is -2.04. The molecular formula is C12H9ClN4O. The summed E-state index contributed by atoms with van der Waals surface area (Å²) in [5.41, 5.74) is 0.993. The van der Waals surface area contributed by atoms with Gasteiger partial charge in [-0.3, -0.25) is 4.68 Å². The predicted octanol–water partition coefficient (Wildman–Crippen LogP) is 2.81. The molecule has 0 fully saturated rings. The van der Waals surface area contributed by atoms with Crippen LogP contribution >= 0.6 is 11.6 Å². The first kappa shape index (κ1) is 11.0. The van der Waals surface area contributed by atoms with Gasteiger partial charge in [-0.25, -0.2) is 4.98 Å². The van der Waals surface area contributed by atoms with E-state index in [4.69, 9.17) is 16.3 Å². The average molecular weight is 261 g/mol. The largest absolute Gasteiger partial charge is 0.439 e. The highest BCUT2D eigenvalue weighted by Gasteiger charge is 2.04. The second kappa shape index (κ2) is 4.27. The number of aromatic nitrogens is 4. The lowest BCUT2D eigenvalue weighted by molar-refractivity contribution is 0.462. The van der Waals surface area contributed by atoms with Crippen LogP contribution in [0.1, 0.15) is 0 Å². The maximum absolute atomic E-state index is 5.70.